The molecule has 22 heavy (non-hydrogen) atoms. The zero-order valence-electron chi connectivity index (χ0n) is 13.3. The number of hydrogen-bond donors (Lipinski definition) is 0. The maximum atomic E-state index is 12.0. The van der Waals surface area contributed by atoms with E-state index in [9.17, 15) is 9.59 Å². The van der Waals surface area contributed by atoms with Gasteiger partial charge in [0.15, 0.2) is 0 Å². The standard InChI is InChI=1S/C18H22O4/c1-4-7-8-9-16(18(20)22-6-3)14-10-12-15(13-11-14)17(19)21-5-2/h8,10-13H,4-7H2,1-3H3. The molecule has 118 valence electrons. The normalized spacial score (nSPS) is 9.59. The summed E-state index contributed by atoms with van der Waals surface area (Å²) in [6.07, 6.45) is 3.64. The molecule has 0 spiro atoms. The molecular weight excluding hydrogens is 280 g/mol. The van der Waals surface area contributed by atoms with Crippen LogP contribution in [-0.4, -0.2) is 25.2 Å². The van der Waals surface area contributed by atoms with Gasteiger partial charge >= 0.3 is 11.9 Å². The van der Waals surface area contributed by atoms with Crippen LogP contribution >= 0.6 is 0 Å². The molecule has 0 radical (unpaired) electrons. The molecule has 0 amide bonds. The lowest BCUT2D eigenvalue weighted by Gasteiger charge is -2.06. The molecule has 0 aromatic heterocycles. The van der Waals surface area contributed by atoms with Gasteiger partial charge in [-0.25, -0.2) is 9.59 Å². The first-order chi connectivity index (χ1) is 10.6. The third kappa shape index (κ3) is 5.23. The fourth-order valence-corrected chi connectivity index (χ4v) is 1.77. The van der Waals surface area contributed by atoms with Gasteiger partial charge in [-0.1, -0.05) is 25.5 Å². The number of rotatable bonds is 7. The number of unbranched alkanes of at least 4 members (excludes halogenated alkanes) is 1. The van der Waals surface area contributed by atoms with Gasteiger partial charge in [0.2, 0.25) is 0 Å². The van der Waals surface area contributed by atoms with Crippen molar-refractivity contribution >= 4 is 17.5 Å². The van der Waals surface area contributed by atoms with Gasteiger partial charge in [0.05, 0.1) is 18.8 Å². The number of esters is 2. The van der Waals surface area contributed by atoms with Crippen molar-refractivity contribution < 1.29 is 19.1 Å². The lowest BCUT2D eigenvalue weighted by molar-refractivity contribution is -0.136. The molecule has 0 atom stereocenters. The van der Waals surface area contributed by atoms with E-state index >= 15 is 0 Å². The Morgan fingerprint density at radius 1 is 1.00 bits per heavy atom. The van der Waals surface area contributed by atoms with Crippen LogP contribution in [0.5, 0.6) is 0 Å². The minimum Gasteiger partial charge on any atom is -0.462 e. The van der Waals surface area contributed by atoms with Crippen molar-refractivity contribution in [2.45, 2.75) is 33.6 Å². The van der Waals surface area contributed by atoms with Gasteiger partial charge < -0.3 is 9.47 Å². The molecule has 0 unspecified atom stereocenters. The summed E-state index contributed by atoms with van der Waals surface area (Å²) < 4.78 is 9.99. The largest absolute Gasteiger partial charge is 0.462 e. The fourth-order valence-electron chi connectivity index (χ4n) is 1.77. The lowest BCUT2D eigenvalue weighted by Crippen LogP contribution is -2.07. The predicted octanol–water partition coefficient (Wildman–Crippen LogP) is 3.77. The second kappa shape index (κ2) is 9.59. The van der Waals surface area contributed by atoms with Crippen LogP contribution in [0.2, 0.25) is 0 Å². The number of ether oxygens (including phenoxy) is 2. The van der Waals surface area contributed by atoms with Crippen molar-refractivity contribution in [1.29, 1.82) is 0 Å². The molecule has 4 heteroatoms. The first-order valence-corrected chi connectivity index (χ1v) is 7.53. The maximum absolute atomic E-state index is 12.0. The SMILES string of the molecule is CCCC=C=C(C(=O)OCC)c1ccc(C(=O)OCC)cc1. The van der Waals surface area contributed by atoms with Crippen LogP contribution in [0.25, 0.3) is 5.57 Å². The van der Waals surface area contributed by atoms with E-state index in [2.05, 4.69) is 12.7 Å². The molecule has 0 fully saturated rings. The first kappa shape index (κ1) is 17.7. The summed E-state index contributed by atoms with van der Waals surface area (Å²) in [4.78, 5) is 23.7. The quantitative estimate of drug-likeness (QED) is 0.437. The highest BCUT2D eigenvalue weighted by Crippen LogP contribution is 2.17. The molecule has 1 aromatic rings. The third-order valence-corrected chi connectivity index (χ3v) is 2.84. The Balaban J connectivity index is 3.07. The zero-order chi connectivity index (χ0) is 16.4. The van der Waals surface area contributed by atoms with Crippen LogP contribution in [0.4, 0.5) is 0 Å². The van der Waals surface area contributed by atoms with E-state index in [1.165, 1.54) is 0 Å². The molecule has 0 heterocycles. The molecule has 0 aliphatic carbocycles. The van der Waals surface area contributed by atoms with Gasteiger partial charge in [-0.05, 0) is 44.0 Å². The summed E-state index contributed by atoms with van der Waals surface area (Å²) in [5, 5.41) is 0. The summed E-state index contributed by atoms with van der Waals surface area (Å²) in [5.74, 6) is -0.795. The zero-order valence-corrected chi connectivity index (χ0v) is 13.3. The summed E-state index contributed by atoms with van der Waals surface area (Å²) in [6.45, 7) is 6.20. The minimum absolute atomic E-state index is 0.304. The van der Waals surface area contributed by atoms with Crippen LogP contribution < -0.4 is 0 Å². The highest BCUT2D eigenvalue weighted by molar-refractivity contribution is 6.16. The van der Waals surface area contributed by atoms with Crippen LogP contribution in [-0.2, 0) is 14.3 Å². The molecule has 4 nitrogen and oxygen atoms in total. The summed E-state index contributed by atoms with van der Waals surface area (Å²) in [5.41, 5.74) is 4.48. The molecular formula is C18H22O4. The molecule has 1 aromatic carbocycles. The lowest BCUT2D eigenvalue weighted by atomic mass is 10.0. The van der Waals surface area contributed by atoms with Crippen LogP contribution in [0.3, 0.4) is 0 Å². The molecule has 0 bridgehead atoms. The van der Waals surface area contributed by atoms with E-state index in [1.807, 2.05) is 6.08 Å². The maximum Gasteiger partial charge on any atom is 0.346 e. The summed E-state index contributed by atoms with van der Waals surface area (Å²) in [6, 6.07) is 6.67. The Kier molecular flexibility index (Phi) is 7.73. The van der Waals surface area contributed by atoms with Crippen molar-refractivity contribution in [3.8, 4) is 0 Å². The highest BCUT2D eigenvalue weighted by Gasteiger charge is 2.14. The number of carbonyl (C=O) groups excluding carboxylic acids is 2. The Hall–Kier alpha value is -2.32. The molecule has 0 saturated carbocycles. The van der Waals surface area contributed by atoms with Gasteiger partial charge in [0.1, 0.15) is 5.57 Å². The molecule has 0 aliphatic rings. The van der Waals surface area contributed by atoms with Crippen molar-refractivity contribution in [1.82, 2.24) is 0 Å². The van der Waals surface area contributed by atoms with Crippen LogP contribution in [0.15, 0.2) is 36.1 Å². The Labute approximate surface area is 131 Å². The van der Waals surface area contributed by atoms with Crippen molar-refractivity contribution in [3.63, 3.8) is 0 Å². The second-order valence-corrected chi connectivity index (χ2v) is 4.53. The van der Waals surface area contributed by atoms with E-state index in [0.29, 0.717) is 29.9 Å². The summed E-state index contributed by atoms with van der Waals surface area (Å²) >= 11 is 0. The van der Waals surface area contributed by atoms with Gasteiger partial charge in [-0.15, -0.1) is 5.73 Å². The third-order valence-electron chi connectivity index (χ3n) is 2.84. The van der Waals surface area contributed by atoms with Gasteiger partial charge in [0.25, 0.3) is 0 Å². The van der Waals surface area contributed by atoms with Gasteiger partial charge in [0, 0.05) is 0 Å². The topological polar surface area (TPSA) is 52.6 Å². The molecule has 0 N–H and O–H groups in total. The van der Waals surface area contributed by atoms with Gasteiger partial charge in [-0.2, -0.15) is 0 Å². The minimum atomic E-state index is -0.418. The number of carbonyl (C=O) groups is 2. The highest BCUT2D eigenvalue weighted by atomic mass is 16.5. The van der Waals surface area contributed by atoms with E-state index in [1.54, 1.807) is 38.1 Å². The van der Waals surface area contributed by atoms with E-state index in [0.717, 1.165) is 12.8 Å². The Bertz CT molecular complexity index is 563. The predicted molar refractivity (Wildman–Crippen MR) is 85.4 cm³/mol. The Morgan fingerprint density at radius 2 is 1.59 bits per heavy atom. The number of benzene rings is 1. The van der Waals surface area contributed by atoms with Crippen LogP contribution in [0.1, 0.15) is 49.5 Å². The van der Waals surface area contributed by atoms with Crippen molar-refractivity contribution in [2.75, 3.05) is 13.2 Å². The second-order valence-electron chi connectivity index (χ2n) is 4.53. The fraction of sp³-hybridized carbons (Fsp3) is 0.389. The molecule has 0 aliphatic heterocycles. The molecule has 0 saturated heterocycles. The smallest absolute Gasteiger partial charge is 0.346 e. The average Bonchev–Trinajstić information content (AvgIpc) is 2.52. The van der Waals surface area contributed by atoms with Crippen LogP contribution in [0, 0.1) is 0 Å². The summed E-state index contributed by atoms with van der Waals surface area (Å²) in [7, 11) is 0. The number of hydrogen-bond acceptors (Lipinski definition) is 4. The van der Waals surface area contributed by atoms with E-state index < -0.39 is 5.97 Å². The van der Waals surface area contributed by atoms with E-state index in [4.69, 9.17) is 9.47 Å². The van der Waals surface area contributed by atoms with Crippen molar-refractivity contribution in [3.05, 3.63) is 47.2 Å². The first-order valence-electron chi connectivity index (χ1n) is 7.53. The average molecular weight is 302 g/mol. The van der Waals surface area contributed by atoms with Gasteiger partial charge in [-0.3, -0.25) is 0 Å². The van der Waals surface area contributed by atoms with Crippen molar-refractivity contribution in [2.24, 2.45) is 0 Å². The Morgan fingerprint density at radius 3 is 2.14 bits per heavy atom. The van der Waals surface area contributed by atoms with E-state index in [-0.39, 0.29) is 5.97 Å². The molecule has 1 rings (SSSR count). The monoisotopic (exact) mass is 302 g/mol.